The Hall–Kier alpha value is -2.64. The molecular weight excluding hydrogens is 292 g/mol. The van der Waals surface area contributed by atoms with Gasteiger partial charge < -0.3 is 35.4 Å². The van der Waals surface area contributed by atoms with Crippen LogP contribution in [0.4, 0.5) is 0 Å². The summed E-state index contributed by atoms with van der Waals surface area (Å²) in [6.07, 6.45) is -3.81. The van der Waals surface area contributed by atoms with E-state index in [0.29, 0.717) is 0 Å². The summed E-state index contributed by atoms with van der Waals surface area (Å²) in [6, 6.07) is 6.31. The molecule has 0 bridgehead atoms. The highest BCUT2D eigenvalue weighted by atomic mass is 16.5. The molecule has 0 unspecified atom stereocenters. The van der Waals surface area contributed by atoms with Crippen LogP contribution in [-0.2, 0) is 0 Å². The van der Waals surface area contributed by atoms with Crippen LogP contribution in [0, 0.1) is 0 Å². The first kappa shape index (κ1) is 14.3. The lowest BCUT2D eigenvalue weighted by Gasteiger charge is -2.34. The van der Waals surface area contributed by atoms with Crippen LogP contribution in [-0.4, -0.2) is 36.7 Å². The van der Waals surface area contributed by atoms with Crippen LogP contribution in [0.5, 0.6) is 28.7 Å². The third kappa shape index (κ3) is 2.07. The summed E-state index contributed by atoms with van der Waals surface area (Å²) < 4.78 is 5.49. The Balaban J connectivity index is 2.07. The number of hydrogen-bond acceptors (Lipinski definition) is 7. The van der Waals surface area contributed by atoms with Gasteiger partial charge in [-0.25, -0.2) is 0 Å². The fourth-order valence-corrected chi connectivity index (χ4v) is 2.46. The molecule has 0 fully saturated rings. The van der Waals surface area contributed by atoms with Crippen LogP contribution in [0.2, 0.25) is 0 Å². The second kappa shape index (κ2) is 4.97. The molecular formula is C15H14O7. The lowest BCUT2D eigenvalue weighted by Crippen LogP contribution is -2.34. The minimum atomic E-state index is -1.36. The number of benzene rings is 2. The first-order valence-corrected chi connectivity index (χ1v) is 6.49. The fourth-order valence-electron chi connectivity index (χ4n) is 2.46. The standard InChI is InChI=1S/C15H14O7/c16-8-3-1-6(5-10(8)18)14-13(21)11(19)7-2-4-9(17)12(20)15(7)22-14/h1-5,11,13-14,16-21H/t11-,13-,14+/m1/s1. The van der Waals surface area contributed by atoms with Crippen molar-refractivity contribution in [2.45, 2.75) is 18.3 Å². The van der Waals surface area contributed by atoms with Gasteiger partial charge in [0.2, 0.25) is 5.75 Å². The monoisotopic (exact) mass is 306 g/mol. The second-order valence-corrected chi connectivity index (χ2v) is 5.07. The molecule has 0 radical (unpaired) electrons. The van der Waals surface area contributed by atoms with Gasteiger partial charge in [0.15, 0.2) is 29.1 Å². The lowest BCUT2D eigenvalue weighted by molar-refractivity contribution is -0.0710. The Morgan fingerprint density at radius 1 is 0.818 bits per heavy atom. The van der Waals surface area contributed by atoms with Crippen molar-refractivity contribution < 1.29 is 35.4 Å². The molecule has 3 rings (SSSR count). The third-order valence-electron chi connectivity index (χ3n) is 3.67. The maximum absolute atomic E-state index is 10.2. The normalized spacial score (nSPS) is 23.6. The van der Waals surface area contributed by atoms with Crippen LogP contribution in [0.1, 0.15) is 23.3 Å². The lowest BCUT2D eigenvalue weighted by atomic mass is 9.91. The van der Waals surface area contributed by atoms with Gasteiger partial charge in [0.05, 0.1) is 0 Å². The molecule has 7 heteroatoms. The summed E-state index contributed by atoms with van der Waals surface area (Å²) in [5.74, 6) is -1.86. The number of rotatable bonds is 1. The molecule has 7 nitrogen and oxygen atoms in total. The Morgan fingerprint density at radius 2 is 1.50 bits per heavy atom. The van der Waals surface area contributed by atoms with E-state index in [-0.39, 0.29) is 22.6 Å². The molecule has 116 valence electrons. The van der Waals surface area contributed by atoms with Gasteiger partial charge in [-0.05, 0) is 29.8 Å². The van der Waals surface area contributed by atoms with E-state index in [0.717, 1.165) is 0 Å². The van der Waals surface area contributed by atoms with E-state index in [4.69, 9.17) is 4.74 Å². The average molecular weight is 306 g/mol. The zero-order chi connectivity index (χ0) is 16.0. The first-order chi connectivity index (χ1) is 10.4. The molecule has 0 amide bonds. The molecule has 3 atom stereocenters. The molecule has 0 aromatic heterocycles. The summed E-state index contributed by atoms with van der Waals surface area (Å²) in [4.78, 5) is 0. The SMILES string of the molecule is Oc1ccc([C@@H]2Oc3c(ccc(O)c3O)[C@@H](O)[C@H]2O)cc1O. The molecule has 0 saturated carbocycles. The van der Waals surface area contributed by atoms with E-state index in [1.54, 1.807) is 0 Å². The summed E-state index contributed by atoms with van der Waals surface area (Å²) in [5.41, 5.74) is 0.428. The van der Waals surface area contributed by atoms with Crippen molar-refractivity contribution in [3.63, 3.8) is 0 Å². The number of aliphatic hydroxyl groups excluding tert-OH is 2. The van der Waals surface area contributed by atoms with Gasteiger partial charge in [0.1, 0.15) is 12.2 Å². The highest BCUT2D eigenvalue weighted by Gasteiger charge is 2.39. The molecule has 0 saturated heterocycles. The van der Waals surface area contributed by atoms with Gasteiger partial charge in [-0.15, -0.1) is 0 Å². The molecule has 0 aliphatic carbocycles. The van der Waals surface area contributed by atoms with Crippen LogP contribution >= 0.6 is 0 Å². The van der Waals surface area contributed by atoms with Crippen LogP contribution in [0.25, 0.3) is 0 Å². The third-order valence-corrected chi connectivity index (χ3v) is 3.67. The van der Waals surface area contributed by atoms with Gasteiger partial charge in [-0.1, -0.05) is 6.07 Å². The fraction of sp³-hybridized carbons (Fsp3) is 0.200. The number of aliphatic hydroxyl groups is 2. The van der Waals surface area contributed by atoms with Crippen molar-refractivity contribution >= 4 is 0 Å². The average Bonchev–Trinajstić information content (AvgIpc) is 2.49. The minimum Gasteiger partial charge on any atom is -0.504 e. The van der Waals surface area contributed by atoms with Crippen molar-refractivity contribution in [1.82, 2.24) is 0 Å². The summed E-state index contributed by atoms with van der Waals surface area (Å²) in [6.45, 7) is 0. The number of phenolic OH excluding ortho intramolecular Hbond substituents is 4. The van der Waals surface area contributed by atoms with Crippen molar-refractivity contribution in [3.8, 4) is 28.7 Å². The highest BCUT2D eigenvalue weighted by Crippen LogP contribution is 2.49. The van der Waals surface area contributed by atoms with Gasteiger partial charge in [-0.3, -0.25) is 0 Å². The van der Waals surface area contributed by atoms with E-state index in [1.807, 2.05) is 0 Å². The maximum Gasteiger partial charge on any atom is 0.200 e. The van der Waals surface area contributed by atoms with Gasteiger partial charge in [0, 0.05) is 5.56 Å². The maximum atomic E-state index is 10.2. The number of phenols is 4. The van der Waals surface area contributed by atoms with Crippen LogP contribution in [0.15, 0.2) is 30.3 Å². The Bertz CT molecular complexity index is 728. The molecule has 1 aliphatic heterocycles. The molecule has 2 aromatic carbocycles. The minimum absolute atomic E-state index is 0.141. The van der Waals surface area contributed by atoms with E-state index >= 15 is 0 Å². The Morgan fingerprint density at radius 3 is 2.18 bits per heavy atom. The number of hydrogen-bond donors (Lipinski definition) is 6. The first-order valence-electron chi connectivity index (χ1n) is 6.49. The smallest absolute Gasteiger partial charge is 0.200 e. The largest absolute Gasteiger partial charge is 0.504 e. The van der Waals surface area contributed by atoms with Crippen LogP contribution in [0.3, 0.4) is 0 Å². The molecule has 1 aliphatic rings. The molecule has 2 aromatic rings. The van der Waals surface area contributed by atoms with Gasteiger partial charge >= 0.3 is 0 Å². The molecule has 1 heterocycles. The predicted molar refractivity (Wildman–Crippen MR) is 73.9 cm³/mol. The Labute approximate surface area is 124 Å². The molecule has 22 heavy (non-hydrogen) atoms. The zero-order valence-corrected chi connectivity index (χ0v) is 11.2. The summed E-state index contributed by atoms with van der Waals surface area (Å²) >= 11 is 0. The molecule has 6 N–H and O–H groups in total. The number of aromatic hydroxyl groups is 4. The summed E-state index contributed by atoms with van der Waals surface area (Å²) in [5, 5.41) is 58.6. The van der Waals surface area contributed by atoms with E-state index < -0.39 is 35.6 Å². The Kier molecular flexibility index (Phi) is 3.23. The van der Waals surface area contributed by atoms with Crippen molar-refractivity contribution in [1.29, 1.82) is 0 Å². The molecule has 0 spiro atoms. The van der Waals surface area contributed by atoms with E-state index in [1.165, 1.54) is 30.3 Å². The number of fused-ring (bicyclic) bond motifs is 1. The van der Waals surface area contributed by atoms with E-state index in [2.05, 4.69) is 0 Å². The van der Waals surface area contributed by atoms with Gasteiger partial charge in [-0.2, -0.15) is 0 Å². The zero-order valence-electron chi connectivity index (χ0n) is 11.2. The van der Waals surface area contributed by atoms with Crippen molar-refractivity contribution in [3.05, 3.63) is 41.5 Å². The van der Waals surface area contributed by atoms with Gasteiger partial charge in [0.25, 0.3) is 0 Å². The number of ether oxygens (including phenoxy) is 1. The topological polar surface area (TPSA) is 131 Å². The second-order valence-electron chi connectivity index (χ2n) is 5.07. The highest BCUT2D eigenvalue weighted by molar-refractivity contribution is 5.56. The predicted octanol–water partition coefficient (Wildman–Crippen LogP) is 1.04. The van der Waals surface area contributed by atoms with Crippen molar-refractivity contribution in [2.75, 3.05) is 0 Å². The quantitative estimate of drug-likeness (QED) is 0.434. The van der Waals surface area contributed by atoms with Crippen LogP contribution < -0.4 is 4.74 Å². The van der Waals surface area contributed by atoms with E-state index in [9.17, 15) is 30.6 Å². The summed E-state index contributed by atoms with van der Waals surface area (Å²) in [7, 11) is 0. The van der Waals surface area contributed by atoms with Crippen molar-refractivity contribution in [2.24, 2.45) is 0 Å².